The van der Waals surface area contributed by atoms with Crippen LogP contribution in [0, 0.1) is 5.92 Å². The van der Waals surface area contributed by atoms with Crippen LogP contribution in [0.2, 0.25) is 0 Å². The highest BCUT2D eigenvalue weighted by Gasteiger charge is 2.17. The zero-order valence-electron chi connectivity index (χ0n) is 11.5. The third-order valence-electron chi connectivity index (χ3n) is 3.82. The minimum atomic E-state index is -0.784. The van der Waals surface area contributed by atoms with E-state index in [9.17, 15) is 4.79 Å². The van der Waals surface area contributed by atoms with Crippen LogP contribution in [-0.2, 0) is 17.8 Å². The van der Waals surface area contributed by atoms with Crippen molar-refractivity contribution in [2.75, 3.05) is 5.75 Å². The van der Waals surface area contributed by atoms with Crippen LogP contribution in [0.3, 0.4) is 0 Å². The number of aromatic nitrogens is 2. The minimum Gasteiger partial charge on any atom is -0.481 e. The molecule has 0 spiro atoms. The summed E-state index contributed by atoms with van der Waals surface area (Å²) in [5.74, 6) is 0.154. The second-order valence-corrected chi connectivity index (χ2v) is 6.10. The summed E-state index contributed by atoms with van der Waals surface area (Å²) in [5.41, 5.74) is 1.21. The van der Waals surface area contributed by atoms with Gasteiger partial charge in [-0.25, -0.2) is 4.98 Å². The van der Waals surface area contributed by atoms with Crippen LogP contribution in [0.4, 0.5) is 0 Å². The average Bonchev–Trinajstić information content (AvgIpc) is 3.02. The molecule has 0 saturated heterocycles. The van der Waals surface area contributed by atoms with Crippen LogP contribution < -0.4 is 0 Å². The lowest BCUT2D eigenvalue weighted by molar-refractivity contribution is -0.133. The van der Waals surface area contributed by atoms with Crippen molar-refractivity contribution in [2.24, 2.45) is 5.92 Å². The molecule has 0 aliphatic heterocycles. The maximum Gasteiger partial charge on any atom is 0.313 e. The Balaban J connectivity index is 1.98. The average molecular weight is 282 g/mol. The molecular formula is C14H22N2O2S. The molecular weight excluding hydrogens is 260 g/mol. The summed E-state index contributed by atoms with van der Waals surface area (Å²) >= 11 is 1.33. The number of carboxylic acids is 1. The molecule has 0 amide bonds. The van der Waals surface area contributed by atoms with E-state index in [0.29, 0.717) is 0 Å². The van der Waals surface area contributed by atoms with E-state index in [2.05, 4.69) is 16.5 Å². The van der Waals surface area contributed by atoms with Crippen molar-refractivity contribution in [1.82, 2.24) is 9.55 Å². The molecule has 0 unspecified atom stereocenters. The summed E-state index contributed by atoms with van der Waals surface area (Å²) in [7, 11) is 0. The second kappa shape index (κ2) is 6.98. The van der Waals surface area contributed by atoms with Crippen LogP contribution in [0.5, 0.6) is 0 Å². The number of aryl methyl sites for hydroxylation is 1. The number of imidazole rings is 1. The monoisotopic (exact) mass is 282 g/mol. The lowest BCUT2D eigenvalue weighted by Gasteiger charge is -2.13. The molecule has 0 atom stereocenters. The van der Waals surface area contributed by atoms with Gasteiger partial charge in [0.1, 0.15) is 0 Å². The van der Waals surface area contributed by atoms with Gasteiger partial charge < -0.3 is 9.67 Å². The van der Waals surface area contributed by atoms with E-state index in [-0.39, 0.29) is 5.75 Å². The van der Waals surface area contributed by atoms with E-state index in [4.69, 9.17) is 5.11 Å². The summed E-state index contributed by atoms with van der Waals surface area (Å²) in [6, 6.07) is 0. The van der Waals surface area contributed by atoms with Gasteiger partial charge in [-0.2, -0.15) is 0 Å². The number of nitrogens with zero attached hydrogens (tertiary/aromatic N) is 2. The molecule has 1 fully saturated rings. The van der Waals surface area contributed by atoms with Gasteiger partial charge >= 0.3 is 5.97 Å². The Morgan fingerprint density at radius 2 is 2.26 bits per heavy atom. The van der Waals surface area contributed by atoms with Crippen LogP contribution in [-0.4, -0.2) is 26.4 Å². The summed E-state index contributed by atoms with van der Waals surface area (Å²) in [5, 5.41) is 9.63. The van der Waals surface area contributed by atoms with Crippen LogP contribution >= 0.6 is 11.8 Å². The third kappa shape index (κ3) is 4.00. The standard InChI is InChI=1S/C14H22N2O2S/c1-2-12-9-15-14(19-10-13(17)18)16(12)8-7-11-5-3-4-6-11/h9,11H,2-8,10H2,1H3,(H,17,18). The molecule has 4 nitrogen and oxygen atoms in total. The third-order valence-corrected chi connectivity index (χ3v) is 4.80. The molecule has 0 bridgehead atoms. The molecule has 1 heterocycles. The Labute approximate surface area is 118 Å². The molecule has 19 heavy (non-hydrogen) atoms. The largest absolute Gasteiger partial charge is 0.481 e. The van der Waals surface area contributed by atoms with E-state index in [1.54, 1.807) is 0 Å². The van der Waals surface area contributed by atoms with Gasteiger partial charge in [-0.15, -0.1) is 0 Å². The summed E-state index contributed by atoms with van der Waals surface area (Å²) in [6.45, 7) is 3.10. The lowest BCUT2D eigenvalue weighted by Crippen LogP contribution is -2.09. The first-order chi connectivity index (χ1) is 9.20. The fourth-order valence-corrected chi connectivity index (χ4v) is 3.51. The molecule has 106 valence electrons. The number of carboxylic acid groups (broad SMARTS) is 1. The highest BCUT2D eigenvalue weighted by Crippen LogP contribution is 2.29. The molecule has 0 radical (unpaired) electrons. The topological polar surface area (TPSA) is 55.1 Å². The SMILES string of the molecule is CCc1cnc(SCC(=O)O)n1CCC1CCCC1. The van der Waals surface area contributed by atoms with E-state index < -0.39 is 5.97 Å². The first-order valence-corrected chi connectivity index (χ1v) is 8.08. The summed E-state index contributed by atoms with van der Waals surface area (Å²) < 4.78 is 2.21. The Morgan fingerprint density at radius 1 is 1.53 bits per heavy atom. The quantitative estimate of drug-likeness (QED) is 0.780. The maximum atomic E-state index is 10.7. The molecule has 1 aromatic heterocycles. The van der Waals surface area contributed by atoms with Crippen molar-refractivity contribution >= 4 is 17.7 Å². The molecule has 1 aliphatic carbocycles. The molecule has 1 N–H and O–H groups in total. The molecule has 2 rings (SSSR count). The fraction of sp³-hybridized carbons (Fsp3) is 0.714. The van der Waals surface area contributed by atoms with E-state index in [0.717, 1.165) is 24.0 Å². The minimum absolute atomic E-state index is 0.0869. The van der Waals surface area contributed by atoms with Gasteiger partial charge in [-0.05, 0) is 18.8 Å². The van der Waals surface area contributed by atoms with Gasteiger partial charge in [0.05, 0.1) is 5.75 Å². The first-order valence-electron chi connectivity index (χ1n) is 7.09. The number of hydrogen-bond donors (Lipinski definition) is 1. The smallest absolute Gasteiger partial charge is 0.313 e. The van der Waals surface area contributed by atoms with Crippen LogP contribution in [0.1, 0.15) is 44.7 Å². The maximum absolute atomic E-state index is 10.7. The van der Waals surface area contributed by atoms with Gasteiger partial charge in [-0.1, -0.05) is 44.4 Å². The highest BCUT2D eigenvalue weighted by atomic mass is 32.2. The first kappa shape index (κ1) is 14.4. The molecule has 1 aromatic rings. The van der Waals surface area contributed by atoms with Gasteiger partial charge in [-0.3, -0.25) is 4.79 Å². The predicted molar refractivity (Wildman–Crippen MR) is 76.5 cm³/mol. The van der Waals surface area contributed by atoms with Crippen molar-refractivity contribution < 1.29 is 9.90 Å². The number of rotatable bonds is 7. The highest BCUT2D eigenvalue weighted by molar-refractivity contribution is 7.99. The van der Waals surface area contributed by atoms with Gasteiger partial charge in [0, 0.05) is 18.4 Å². The van der Waals surface area contributed by atoms with Crippen molar-refractivity contribution in [3.05, 3.63) is 11.9 Å². The predicted octanol–water partition coefficient (Wildman–Crippen LogP) is 3.20. The van der Waals surface area contributed by atoms with E-state index in [1.165, 1.54) is 49.6 Å². The fourth-order valence-electron chi connectivity index (χ4n) is 2.77. The zero-order valence-corrected chi connectivity index (χ0v) is 12.3. The molecule has 1 aliphatic rings. The van der Waals surface area contributed by atoms with Crippen molar-refractivity contribution in [2.45, 2.75) is 57.1 Å². The van der Waals surface area contributed by atoms with Gasteiger partial charge in [0.15, 0.2) is 5.16 Å². The number of aliphatic carboxylic acids is 1. The van der Waals surface area contributed by atoms with Gasteiger partial charge in [0.2, 0.25) is 0 Å². The summed E-state index contributed by atoms with van der Waals surface area (Å²) in [6.07, 6.45) is 9.49. The summed E-state index contributed by atoms with van der Waals surface area (Å²) in [4.78, 5) is 15.0. The number of thioether (sulfide) groups is 1. The molecule has 1 saturated carbocycles. The zero-order chi connectivity index (χ0) is 13.7. The van der Waals surface area contributed by atoms with Gasteiger partial charge in [0.25, 0.3) is 0 Å². The van der Waals surface area contributed by atoms with Crippen LogP contribution in [0.15, 0.2) is 11.4 Å². The Hall–Kier alpha value is -0.970. The number of hydrogen-bond acceptors (Lipinski definition) is 3. The Morgan fingerprint density at radius 3 is 2.89 bits per heavy atom. The van der Waals surface area contributed by atoms with Crippen molar-refractivity contribution in [3.8, 4) is 0 Å². The van der Waals surface area contributed by atoms with Crippen molar-refractivity contribution in [3.63, 3.8) is 0 Å². The Kier molecular flexibility index (Phi) is 5.31. The van der Waals surface area contributed by atoms with Crippen LogP contribution in [0.25, 0.3) is 0 Å². The van der Waals surface area contributed by atoms with E-state index in [1.807, 2.05) is 6.20 Å². The van der Waals surface area contributed by atoms with Crippen molar-refractivity contribution in [1.29, 1.82) is 0 Å². The molecule has 0 aromatic carbocycles. The molecule has 5 heteroatoms. The lowest BCUT2D eigenvalue weighted by atomic mass is 10.0. The van der Waals surface area contributed by atoms with E-state index >= 15 is 0 Å². The second-order valence-electron chi connectivity index (χ2n) is 5.16. The normalized spacial score (nSPS) is 16.1. The number of carbonyl (C=O) groups is 1. The Bertz CT molecular complexity index is 425.